The van der Waals surface area contributed by atoms with Crippen LogP contribution in [0.1, 0.15) is 73.8 Å². The van der Waals surface area contributed by atoms with Crippen LogP contribution in [0.3, 0.4) is 0 Å². The highest BCUT2D eigenvalue weighted by Crippen LogP contribution is 2.62. The van der Waals surface area contributed by atoms with E-state index in [0.717, 1.165) is 50.7 Å². The Morgan fingerprint density at radius 3 is 2.94 bits per heavy atom. The topological polar surface area (TPSA) is 55.4 Å². The van der Waals surface area contributed by atoms with Crippen molar-refractivity contribution in [3.05, 3.63) is 51.7 Å². The number of amides is 1. The van der Waals surface area contributed by atoms with Crippen molar-refractivity contribution in [3.63, 3.8) is 0 Å². The Balaban J connectivity index is 1.21. The van der Waals surface area contributed by atoms with Gasteiger partial charge in [0.25, 0.3) is 0 Å². The second-order valence-electron chi connectivity index (χ2n) is 10.8. The number of Topliss-reactive ketones (excluding diaryl/α,β-unsaturated/α-hetero) is 1. The van der Waals surface area contributed by atoms with Crippen LogP contribution < -0.4 is 10.1 Å². The number of benzene rings is 1. The van der Waals surface area contributed by atoms with Crippen LogP contribution in [0, 0.1) is 23.2 Å². The number of methoxy groups -OCH3 is 1. The SMILES string of the molecule is COc1ccc2c(c1)CCC1C2CC[C@]2(C)C(=O)C[C@@H](CCCC(=O)NCCc3cccs3)C12. The van der Waals surface area contributed by atoms with Gasteiger partial charge in [0.15, 0.2) is 0 Å². The van der Waals surface area contributed by atoms with E-state index >= 15 is 0 Å². The molecule has 1 N–H and O–H groups in total. The van der Waals surface area contributed by atoms with E-state index in [1.165, 1.54) is 16.0 Å². The minimum atomic E-state index is -0.168. The van der Waals surface area contributed by atoms with Crippen molar-refractivity contribution in [1.82, 2.24) is 5.32 Å². The van der Waals surface area contributed by atoms with Gasteiger partial charge in [-0.05, 0) is 103 Å². The number of ether oxygens (including phenoxy) is 1. The lowest BCUT2D eigenvalue weighted by Gasteiger charge is -2.50. The molecule has 1 aromatic heterocycles. The molecule has 2 aromatic rings. The zero-order valence-corrected chi connectivity index (χ0v) is 21.3. The molecule has 1 heterocycles. The molecule has 3 aliphatic rings. The maximum Gasteiger partial charge on any atom is 0.220 e. The van der Waals surface area contributed by atoms with Crippen LogP contribution in [0.4, 0.5) is 0 Å². The van der Waals surface area contributed by atoms with Crippen molar-refractivity contribution in [2.75, 3.05) is 13.7 Å². The molecule has 3 unspecified atom stereocenters. The average Bonchev–Trinajstić information content (AvgIpc) is 3.44. The molecule has 5 atom stereocenters. The van der Waals surface area contributed by atoms with E-state index in [0.29, 0.717) is 48.8 Å². The highest BCUT2D eigenvalue weighted by Gasteiger charge is 2.58. The molecule has 0 aliphatic heterocycles. The first kappa shape index (κ1) is 23.6. The fourth-order valence-electron chi connectivity index (χ4n) is 7.40. The summed E-state index contributed by atoms with van der Waals surface area (Å²) < 4.78 is 5.46. The fourth-order valence-corrected chi connectivity index (χ4v) is 8.11. The zero-order chi connectivity index (χ0) is 23.7. The van der Waals surface area contributed by atoms with Gasteiger partial charge >= 0.3 is 0 Å². The predicted octanol–water partition coefficient (Wildman–Crippen LogP) is 5.94. The monoisotopic (exact) mass is 479 g/mol. The third-order valence-corrected chi connectivity index (χ3v) is 9.97. The minimum absolute atomic E-state index is 0.144. The van der Waals surface area contributed by atoms with Gasteiger partial charge in [-0.1, -0.05) is 19.1 Å². The summed E-state index contributed by atoms with van der Waals surface area (Å²) in [5, 5.41) is 5.15. The molecule has 0 spiro atoms. The number of hydrogen-bond acceptors (Lipinski definition) is 4. The van der Waals surface area contributed by atoms with E-state index in [4.69, 9.17) is 4.74 Å². The summed E-state index contributed by atoms with van der Waals surface area (Å²) in [6.07, 6.45) is 8.40. The van der Waals surface area contributed by atoms with Crippen molar-refractivity contribution in [1.29, 1.82) is 0 Å². The lowest BCUT2D eigenvalue weighted by atomic mass is 9.54. The lowest BCUT2D eigenvalue weighted by molar-refractivity contribution is -0.129. The Morgan fingerprint density at radius 2 is 2.15 bits per heavy atom. The van der Waals surface area contributed by atoms with Gasteiger partial charge in [0, 0.05) is 29.7 Å². The van der Waals surface area contributed by atoms with Gasteiger partial charge in [-0.3, -0.25) is 9.59 Å². The van der Waals surface area contributed by atoms with Crippen LogP contribution in [0.5, 0.6) is 5.75 Å². The van der Waals surface area contributed by atoms with Crippen LogP contribution in [0.15, 0.2) is 35.7 Å². The van der Waals surface area contributed by atoms with Crippen LogP contribution in [-0.4, -0.2) is 25.3 Å². The summed E-state index contributed by atoms with van der Waals surface area (Å²) in [6.45, 7) is 2.95. The Hall–Kier alpha value is -2.14. The largest absolute Gasteiger partial charge is 0.497 e. The highest BCUT2D eigenvalue weighted by molar-refractivity contribution is 7.09. The molecule has 5 heteroatoms. The third-order valence-electron chi connectivity index (χ3n) is 9.03. The fraction of sp³-hybridized carbons (Fsp3) is 0.586. The summed E-state index contributed by atoms with van der Waals surface area (Å²) in [6, 6.07) is 10.8. The van der Waals surface area contributed by atoms with Crippen molar-refractivity contribution >= 4 is 23.0 Å². The molecule has 34 heavy (non-hydrogen) atoms. The first-order chi connectivity index (χ1) is 16.5. The minimum Gasteiger partial charge on any atom is -0.497 e. The van der Waals surface area contributed by atoms with Crippen molar-refractivity contribution in [3.8, 4) is 5.75 Å². The molecule has 182 valence electrons. The van der Waals surface area contributed by atoms with E-state index in [-0.39, 0.29) is 11.3 Å². The number of carbonyl (C=O) groups is 2. The summed E-state index contributed by atoms with van der Waals surface area (Å²) in [5.41, 5.74) is 2.75. The summed E-state index contributed by atoms with van der Waals surface area (Å²) in [5.74, 6) is 3.57. The number of rotatable bonds is 8. The number of fused-ring (bicyclic) bond motifs is 5. The van der Waals surface area contributed by atoms with Gasteiger partial charge in [0.2, 0.25) is 5.91 Å². The van der Waals surface area contributed by atoms with Gasteiger partial charge in [-0.25, -0.2) is 0 Å². The average molecular weight is 480 g/mol. The van der Waals surface area contributed by atoms with Gasteiger partial charge < -0.3 is 10.1 Å². The summed E-state index contributed by atoms with van der Waals surface area (Å²) >= 11 is 1.74. The normalized spacial score (nSPS) is 29.8. The summed E-state index contributed by atoms with van der Waals surface area (Å²) in [7, 11) is 1.73. The van der Waals surface area contributed by atoms with E-state index in [1.807, 2.05) is 0 Å². The van der Waals surface area contributed by atoms with Crippen LogP contribution in [-0.2, 0) is 22.4 Å². The smallest absolute Gasteiger partial charge is 0.220 e. The van der Waals surface area contributed by atoms with Crippen molar-refractivity contribution < 1.29 is 14.3 Å². The third kappa shape index (κ3) is 4.44. The molecule has 5 rings (SSSR count). The van der Waals surface area contributed by atoms with Crippen LogP contribution in [0.25, 0.3) is 0 Å². The van der Waals surface area contributed by atoms with Gasteiger partial charge in [-0.15, -0.1) is 11.3 Å². The lowest BCUT2D eigenvalue weighted by Crippen LogP contribution is -2.44. The molecule has 1 aromatic carbocycles. The number of hydrogen-bond donors (Lipinski definition) is 1. The molecule has 1 amide bonds. The van der Waals surface area contributed by atoms with Crippen molar-refractivity contribution in [2.24, 2.45) is 23.2 Å². The molecular weight excluding hydrogens is 442 g/mol. The predicted molar refractivity (Wildman–Crippen MR) is 136 cm³/mol. The van der Waals surface area contributed by atoms with Gasteiger partial charge in [0.1, 0.15) is 11.5 Å². The number of carbonyl (C=O) groups excluding carboxylic acids is 2. The molecule has 3 aliphatic carbocycles. The number of nitrogens with one attached hydrogen (secondary N) is 1. The standard InChI is InChI=1S/C29H37NO3S/c1-29-14-12-24-23-11-9-21(33-2)17-19(23)8-10-25(24)28(29)20(18-26(29)31)5-3-7-27(32)30-15-13-22-6-4-16-34-22/h4,6,9,11,16-17,20,24-25,28H,3,5,7-8,10,12-15,18H2,1-2H3,(H,30,32)/t20-,24?,25?,28?,29-/m1/s1. The Labute approximate surface area is 207 Å². The second kappa shape index (κ2) is 9.85. The van der Waals surface area contributed by atoms with E-state index in [2.05, 4.69) is 48.0 Å². The van der Waals surface area contributed by atoms with Crippen LogP contribution in [0.2, 0.25) is 0 Å². The van der Waals surface area contributed by atoms with E-state index in [1.54, 1.807) is 18.4 Å². The molecule has 2 saturated carbocycles. The van der Waals surface area contributed by atoms with Gasteiger partial charge in [0.05, 0.1) is 7.11 Å². The molecule has 2 fully saturated rings. The quantitative estimate of drug-likeness (QED) is 0.510. The number of aryl methyl sites for hydroxylation is 1. The van der Waals surface area contributed by atoms with Crippen molar-refractivity contribution in [2.45, 2.75) is 70.6 Å². The maximum atomic E-state index is 13.2. The van der Waals surface area contributed by atoms with E-state index < -0.39 is 0 Å². The maximum absolute atomic E-state index is 13.2. The molecule has 4 nitrogen and oxygen atoms in total. The highest BCUT2D eigenvalue weighted by atomic mass is 32.1. The Morgan fingerprint density at radius 1 is 1.26 bits per heavy atom. The van der Waals surface area contributed by atoms with Crippen LogP contribution >= 0.6 is 11.3 Å². The second-order valence-corrected chi connectivity index (χ2v) is 11.8. The first-order valence-corrected chi connectivity index (χ1v) is 13.9. The number of thiophene rings is 1. The molecule has 0 bridgehead atoms. The van der Waals surface area contributed by atoms with Gasteiger partial charge in [-0.2, -0.15) is 0 Å². The summed E-state index contributed by atoms with van der Waals surface area (Å²) in [4.78, 5) is 26.9. The number of ketones is 1. The molecule has 0 saturated heterocycles. The zero-order valence-electron chi connectivity index (χ0n) is 20.5. The first-order valence-electron chi connectivity index (χ1n) is 13.0. The Bertz CT molecular complexity index is 1030. The molecule has 0 radical (unpaired) electrons. The Kier molecular flexibility index (Phi) is 6.83. The molecular formula is C29H37NO3S. The van der Waals surface area contributed by atoms with E-state index in [9.17, 15) is 9.59 Å².